The van der Waals surface area contributed by atoms with Gasteiger partial charge in [-0.1, -0.05) is 115 Å². The zero-order valence-corrected chi connectivity index (χ0v) is 30.2. The maximum Gasteiger partial charge on any atom is 0.143 e. The van der Waals surface area contributed by atoms with Crippen LogP contribution >= 0.6 is 0 Å². The highest BCUT2D eigenvalue weighted by molar-refractivity contribution is 6.17. The number of fused-ring (bicyclic) bond motifs is 10. The largest absolute Gasteiger partial charge is 0.456 e. The van der Waals surface area contributed by atoms with E-state index in [4.69, 9.17) is 8.83 Å². The summed E-state index contributed by atoms with van der Waals surface area (Å²) < 4.78 is 15.6. The summed E-state index contributed by atoms with van der Waals surface area (Å²) in [5, 5.41) is 9.27. The summed E-state index contributed by atoms with van der Waals surface area (Å²) in [4.78, 5) is 2.32. The van der Waals surface area contributed by atoms with Gasteiger partial charge in [-0.15, -0.1) is 0 Å². The number of para-hydroxylation sites is 4. The van der Waals surface area contributed by atoms with Crippen molar-refractivity contribution in [1.82, 2.24) is 4.57 Å². The summed E-state index contributed by atoms with van der Waals surface area (Å²) in [6, 6.07) is 69.0. The minimum absolute atomic E-state index is 0.828. The normalized spacial score (nSPS) is 11.9. The summed E-state index contributed by atoms with van der Waals surface area (Å²) >= 11 is 0. The van der Waals surface area contributed by atoms with Gasteiger partial charge in [0.1, 0.15) is 22.3 Å². The fourth-order valence-corrected chi connectivity index (χ4v) is 8.85. The molecule has 0 saturated heterocycles. The second-order valence-electron chi connectivity index (χ2n) is 14.5. The lowest BCUT2D eigenvalue weighted by Crippen LogP contribution is -2.10. The third-order valence-corrected chi connectivity index (χ3v) is 11.4. The molecule has 0 spiro atoms. The predicted octanol–water partition coefficient (Wildman–Crippen LogP) is 14.9. The Kier molecular flexibility index (Phi) is 6.60. The first-order valence-corrected chi connectivity index (χ1v) is 19.0. The summed E-state index contributed by atoms with van der Waals surface area (Å²) in [7, 11) is 0. The van der Waals surface area contributed by atoms with Gasteiger partial charge in [0, 0.05) is 66.7 Å². The molecule has 0 atom stereocenters. The Hall–Kier alpha value is -7.56. The standard InChI is InChI=1S/C52H32N2O2/c1-2-12-34-31-37(24-23-33(34)11-1)53(35-25-27-36(28-26-35)54-46-19-6-3-13-39(46)40-14-4-7-20-47(40)54)38-29-30-45-50(32-38)55-49-22-10-16-42(51(45)49)44-18-9-17-43-41-15-5-8-21-48(41)56-52(43)44/h1-32H. The molecular weight excluding hydrogens is 685 g/mol. The molecular formula is C52H32N2O2. The van der Waals surface area contributed by atoms with E-state index in [1.54, 1.807) is 0 Å². The molecule has 0 saturated carbocycles. The second-order valence-corrected chi connectivity index (χ2v) is 14.5. The molecule has 0 amide bonds. The second kappa shape index (κ2) is 12.0. The Morgan fingerprint density at radius 1 is 0.357 bits per heavy atom. The molecule has 4 nitrogen and oxygen atoms in total. The summed E-state index contributed by atoms with van der Waals surface area (Å²) in [6.45, 7) is 0. The molecule has 3 heterocycles. The van der Waals surface area contributed by atoms with Gasteiger partial charge in [0.15, 0.2) is 0 Å². The average molecular weight is 717 g/mol. The molecule has 12 aromatic rings. The maximum absolute atomic E-state index is 6.71. The molecule has 0 bridgehead atoms. The number of rotatable bonds is 5. The van der Waals surface area contributed by atoms with Crippen molar-refractivity contribution in [2.75, 3.05) is 4.90 Å². The van der Waals surface area contributed by atoms with Crippen molar-refractivity contribution in [1.29, 1.82) is 0 Å². The first-order valence-electron chi connectivity index (χ1n) is 19.0. The molecule has 0 aliphatic rings. The number of anilines is 3. The molecule has 0 unspecified atom stereocenters. The van der Waals surface area contributed by atoms with Gasteiger partial charge in [-0.05, 0) is 89.1 Å². The van der Waals surface area contributed by atoms with Crippen molar-refractivity contribution in [3.05, 3.63) is 194 Å². The lowest BCUT2D eigenvalue weighted by atomic mass is 9.97. The molecule has 3 aromatic heterocycles. The van der Waals surface area contributed by atoms with Crippen LogP contribution in [0.3, 0.4) is 0 Å². The molecule has 0 N–H and O–H groups in total. The molecule has 0 radical (unpaired) electrons. The number of hydrogen-bond acceptors (Lipinski definition) is 3. The van der Waals surface area contributed by atoms with E-state index in [9.17, 15) is 0 Å². The van der Waals surface area contributed by atoms with Crippen molar-refractivity contribution >= 4 is 93.5 Å². The van der Waals surface area contributed by atoms with E-state index in [-0.39, 0.29) is 0 Å². The maximum atomic E-state index is 6.71. The van der Waals surface area contributed by atoms with Crippen LogP contribution in [0.25, 0.3) is 93.3 Å². The van der Waals surface area contributed by atoms with Crippen LogP contribution in [0.2, 0.25) is 0 Å². The molecule has 0 aliphatic heterocycles. The average Bonchev–Trinajstić information content (AvgIpc) is 3.94. The molecule has 12 rings (SSSR count). The van der Waals surface area contributed by atoms with Gasteiger partial charge in [0.05, 0.1) is 11.0 Å². The van der Waals surface area contributed by atoms with Gasteiger partial charge in [0.25, 0.3) is 0 Å². The van der Waals surface area contributed by atoms with E-state index in [2.05, 4.69) is 191 Å². The fraction of sp³-hybridized carbons (Fsp3) is 0. The van der Waals surface area contributed by atoms with E-state index in [0.29, 0.717) is 0 Å². The zero-order chi connectivity index (χ0) is 36.7. The number of furan rings is 2. The number of nitrogens with zero attached hydrogens (tertiary/aromatic N) is 2. The van der Waals surface area contributed by atoms with Gasteiger partial charge in [-0.25, -0.2) is 0 Å². The Morgan fingerprint density at radius 3 is 1.79 bits per heavy atom. The van der Waals surface area contributed by atoms with E-state index >= 15 is 0 Å². The van der Waals surface area contributed by atoms with E-state index in [0.717, 1.165) is 77.8 Å². The van der Waals surface area contributed by atoms with Crippen molar-refractivity contribution < 1.29 is 8.83 Å². The molecule has 0 aliphatic carbocycles. The van der Waals surface area contributed by atoms with Gasteiger partial charge < -0.3 is 18.3 Å². The first kappa shape index (κ1) is 30.9. The SMILES string of the molecule is c1ccc2cc(N(c3ccc(-n4c5ccccc5c5ccccc54)cc3)c3ccc4c(c3)oc3cccc(-c5cccc6c5oc5ccccc56)c34)ccc2c1. The predicted molar refractivity (Wildman–Crippen MR) is 233 cm³/mol. The minimum Gasteiger partial charge on any atom is -0.456 e. The summed E-state index contributed by atoms with van der Waals surface area (Å²) in [5.74, 6) is 0. The monoisotopic (exact) mass is 716 g/mol. The topological polar surface area (TPSA) is 34.5 Å². The summed E-state index contributed by atoms with van der Waals surface area (Å²) in [5.41, 5.74) is 12.2. The molecule has 262 valence electrons. The Balaban J connectivity index is 1.02. The lowest BCUT2D eigenvalue weighted by molar-refractivity contribution is 0.669. The van der Waals surface area contributed by atoms with Crippen LogP contribution in [0.5, 0.6) is 0 Å². The van der Waals surface area contributed by atoms with Crippen LogP contribution in [0, 0.1) is 0 Å². The number of benzene rings is 9. The van der Waals surface area contributed by atoms with Crippen molar-refractivity contribution in [2.24, 2.45) is 0 Å². The van der Waals surface area contributed by atoms with Crippen LogP contribution in [0.1, 0.15) is 0 Å². The fourth-order valence-electron chi connectivity index (χ4n) is 8.85. The van der Waals surface area contributed by atoms with E-state index in [1.807, 2.05) is 12.1 Å². The zero-order valence-electron chi connectivity index (χ0n) is 30.2. The Bertz CT molecular complexity index is 3440. The lowest BCUT2D eigenvalue weighted by Gasteiger charge is -2.26. The van der Waals surface area contributed by atoms with Crippen LogP contribution in [0.4, 0.5) is 17.1 Å². The summed E-state index contributed by atoms with van der Waals surface area (Å²) in [6.07, 6.45) is 0. The van der Waals surface area contributed by atoms with Crippen LogP contribution in [-0.2, 0) is 0 Å². The quantitative estimate of drug-likeness (QED) is 0.178. The molecule has 56 heavy (non-hydrogen) atoms. The molecule has 0 fully saturated rings. The Labute approximate surface area is 321 Å². The van der Waals surface area contributed by atoms with Gasteiger partial charge in [-0.2, -0.15) is 0 Å². The minimum atomic E-state index is 0.828. The third kappa shape index (κ3) is 4.60. The highest BCUT2D eigenvalue weighted by Crippen LogP contribution is 2.44. The van der Waals surface area contributed by atoms with E-state index in [1.165, 1.54) is 32.6 Å². The number of hydrogen-bond donors (Lipinski definition) is 0. The van der Waals surface area contributed by atoms with E-state index < -0.39 is 0 Å². The van der Waals surface area contributed by atoms with Gasteiger partial charge in [0.2, 0.25) is 0 Å². The van der Waals surface area contributed by atoms with Gasteiger partial charge in [-0.3, -0.25) is 0 Å². The highest BCUT2D eigenvalue weighted by atomic mass is 16.3. The van der Waals surface area contributed by atoms with Crippen LogP contribution in [0.15, 0.2) is 203 Å². The van der Waals surface area contributed by atoms with Crippen molar-refractivity contribution in [3.8, 4) is 16.8 Å². The molecule has 9 aromatic carbocycles. The van der Waals surface area contributed by atoms with Gasteiger partial charge >= 0.3 is 0 Å². The number of aromatic nitrogens is 1. The Morgan fingerprint density at radius 2 is 0.964 bits per heavy atom. The highest BCUT2D eigenvalue weighted by Gasteiger charge is 2.20. The smallest absolute Gasteiger partial charge is 0.143 e. The third-order valence-electron chi connectivity index (χ3n) is 11.4. The van der Waals surface area contributed by atoms with Crippen molar-refractivity contribution in [3.63, 3.8) is 0 Å². The first-order chi connectivity index (χ1) is 27.8. The van der Waals surface area contributed by atoms with Crippen LogP contribution in [-0.4, -0.2) is 4.57 Å². The van der Waals surface area contributed by atoms with Crippen molar-refractivity contribution in [2.45, 2.75) is 0 Å². The molecule has 4 heteroatoms. The van der Waals surface area contributed by atoms with Crippen LogP contribution < -0.4 is 4.90 Å².